The van der Waals surface area contributed by atoms with Crippen molar-refractivity contribution in [3.05, 3.63) is 131 Å². The molecule has 0 bridgehead atoms. The molecule has 2 aliphatic rings. The van der Waals surface area contributed by atoms with Gasteiger partial charge >= 0.3 is 0 Å². The fourth-order valence-electron chi connectivity index (χ4n) is 6.05. The van der Waals surface area contributed by atoms with Crippen molar-refractivity contribution in [2.45, 2.75) is 82.0 Å². The van der Waals surface area contributed by atoms with Crippen LogP contribution in [-0.4, -0.2) is 49.1 Å². The number of rotatable bonds is 9. The van der Waals surface area contributed by atoms with Crippen LogP contribution in [0.1, 0.15) is 69.0 Å². The molecule has 0 aliphatic carbocycles. The van der Waals surface area contributed by atoms with E-state index in [0.29, 0.717) is 23.6 Å². The molecule has 0 aromatic heterocycles. The van der Waals surface area contributed by atoms with Crippen molar-refractivity contribution in [2.75, 3.05) is 6.61 Å². The van der Waals surface area contributed by atoms with Crippen molar-refractivity contribution in [1.29, 1.82) is 0 Å². The van der Waals surface area contributed by atoms with E-state index in [1.807, 2.05) is 74.5 Å². The van der Waals surface area contributed by atoms with Gasteiger partial charge in [-0.3, -0.25) is 0 Å². The molecule has 0 unspecified atom stereocenters. The van der Waals surface area contributed by atoms with Crippen LogP contribution in [0.25, 0.3) is 0 Å². The second-order valence-corrected chi connectivity index (χ2v) is 20.1. The number of aryl methyl sites for hydroxylation is 2. The average molecular weight is 734 g/mol. The maximum Gasteiger partial charge on any atom is 0.249 e. The molecule has 12 heteroatoms. The molecule has 0 amide bonds. The summed E-state index contributed by atoms with van der Waals surface area (Å²) in [6.07, 6.45) is 0. The first-order valence-corrected chi connectivity index (χ1v) is 20.6. The minimum Gasteiger partial charge on any atom is -0.477 e. The monoisotopic (exact) mass is 733 g/mol. The summed E-state index contributed by atoms with van der Waals surface area (Å²) < 4.78 is 76.2. The Labute approximate surface area is 298 Å². The number of sulfonamides is 2. The normalized spacial score (nSPS) is 21.3. The highest BCUT2D eigenvalue weighted by Gasteiger charge is 2.61. The largest absolute Gasteiger partial charge is 0.477 e. The molecule has 0 saturated carbocycles. The number of benzene rings is 4. The van der Waals surface area contributed by atoms with Crippen LogP contribution in [0.3, 0.4) is 0 Å². The van der Waals surface area contributed by atoms with E-state index >= 15 is 16.8 Å². The highest BCUT2D eigenvalue weighted by molar-refractivity contribution is 7.98. The summed E-state index contributed by atoms with van der Waals surface area (Å²) in [5.41, 5.74) is 1.50. The van der Waals surface area contributed by atoms with E-state index < -0.39 is 46.2 Å². The van der Waals surface area contributed by atoms with Crippen molar-refractivity contribution in [3.8, 4) is 0 Å². The predicted molar refractivity (Wildman–Crippen MR) is 197 cm³/mol. The van der Waals surface area contributed by atoms with Gasteiger partial charge in [-0.05, 0) is 68.5 Å². The summed E-state index contributed by atoms with van der Waals surface area (Å²) >= 11 is 0. The van der Waals surface area contributed by atoms with Crippen LogP contribution >= 0.6 is 8.45 Å². The number of ether oxygens (including phenoxy) is 1. The SMILES string of the molecule is Cc1ccc(S(=O)(=O)N2[C@H](c3ccccc3)[C@@H](c3ccccc3)N(S(=O)(=O)c3ccc(C)cc3)P2OC(C)(C)C2=N[C@@H](C(C)(C)C)CO2)cc1. The summed E-state index contributed by atoms with van der Waals surface area (Å²) in [6.45, 7) is 13.8. The highest BCUT2D eigenvalue weighted by Crippen LogP contribution is 2.69. The molecule has 0 radical (unpaired) electrons. The van der Waals surface area contributed by atoms with Crippen LogP contribution in [0.4, 0.5) is 0 Å². The van der Waals surface area contributed by atoms with Crippen LogP contribution in [-0.2, 0) is 29.3 Å². The van der Waals surface area contributed by atoms with Crippen LogP contribution in [0, 0.1) is 19.3 Å². The zero-order chi connectivity index (χ0) is 36.1. The maximum absolute atomic E-state index is 15.1. The van der Waals surface area contributed by atoms with Crippen LogP contribution < -0.4 is 0 Å². The third-order valence-corrected chi connectivity index (χ3v) is 16.1. The first-order valence-electron chi connectivity index (χ1n) is 16.5. The van der Waals surface area contributed by atoms with Gasteiger partial charge in [0.15, 0.2) is 0 Å². The van der Waals surface area contributed by atoms with Gasteiger partial charge in [-0.15, -0.1) is 8.15 Å². The molecular formula is C38H44N3O6PS2. The van der Waals surface area contributed by atoms with Crippen molar-refractivity contribution in [3.63, 3.8) is 0 Å². The van der Waals surface area contributed by atoms with E-state index in [1.54, 1.807) is 62.4 Å². The first kappa shape index (κ1) is 36.4. The van der Waals surface area contributed by atoms with E-state index in [2.05, 4.69) is 20.8 Å². The number of nitrogens with zero attached hydrogens (tertiary/aromatic N) is 3. The van der Waals surface area contributed by atoms with Gasteiger partial charge < -0.3 is 9.26 Å². The molecule has 9 nitrogen and oxygen atoms in total. The van der Waals surface area contributed by atoms with E-state index in [1.165, 1.54) is 8.15 Å². The predicted octanol–water partition coefficient (Wildman–Crippen LogP) is 8.35. The van der Waals surface area contributed by atoms with Crippen LogP contribution in [0.2, 0.25) is 0 Å². The number of hydrogen-bond acceptors (Lipinski definition) is 7. The molecule has 264 valence electrons. The first-order chi connectivity index (χ1) is 23.5. The Hall–Kier alpha value is -3.44. The number of aliphatic imine (C=N–C) groups is 1. The van der Waals surface area contributed by atoms with Crippen molar-refractivity contribution in [2.24, 2.45) is 10.4 Å². The van der Waals surface area contributed by atoms with Gasteiger partial charge in [0.25, 0.3) is 0 Å². The lowest BCUT2D eigenvalue weighted by Gasteiger charge is -2.35. The molecule has 2 heterocycles. The van der Waals surface area contributed by atoms with Gasteiger partial charge in [-0.25, -0.2) is 21.8 Å². The molecule has 0 spiro atoms. The lowest BCUT2D eigenvalue weighted by atomic mass is 9.88. The standard InChI is InChI=1S/C38H44N3O6PS2/c1-27-18-22-31(23-19-27)49(42,43)40-34(29-14-10-8-11-15-29)35(30-16-12-9-13-17-30)41(50(44,45)32-24-20-28(2)21-25-32)48(40)47-38(6,7)36-39-33(26-46-36)37(3,4)5/h8-25,33-35H,26H2,1-7H3/t33-,34-,35-/m1/s1. The number of hydrogen-bond donors (Lipinski definition) is 0. The van der Waals surface area contributed by atoms with Crippen LogP contribution in [0.15, 0.2) is 124 Å². The van der Waals surface area contributed by atoms with E-state index in [-0.39, 0.29) is 21.2 Å². The van der Waals surface area contributed by atoms with Gasteiger partial charge in [0, 0.05) is 0 Å². The Morgan fingerprint density at radius 1 is 0.660 bits per heavy atom. The maximum atomic E-state index is 15.1. The molecule has 0 N–H and O–H groups in total. The molecular weight excluding hydrogens is 690 g/mol. The highest BCUT2D eigenvalue weighted by atomic mass is 32.2. The third kappa shape index (κ3) is 6.92. The molecule has 3 atom stereocenters. The molecule has 2 aliphatic heterocycles. The average Bonchev–Trinajstić information content (AvgIpc) is 3.72. The summed E-state index contributed by atoms with van der Waals surface area (Å²) in [6, 6.07) is 29.3. The second kappa shape index (κ2) is 13.6. The zero-order valence-electron chi connectivity index (χ0n) is 29.4. The minimum absolute atomic E-state index is 0.0292. The van der Waals surface area contributed by atoms with Gasteiger partial charge in [-0.1, -0.05) is 117 Å². The second-order valence-electron chi connectivity index (χ2n) is 14.4. The molecule has 6 rings (SSSR count). The quantitative estimate of drug-likeness (QED) is 0.160. The molecule has 1 saturated heterocycles. The Morgan fingerprint density at radius 2 is 1.06 bits per heavy atom. The topological polar surface area (TPSA) is 106 Å². The van der Waals surface area contributed by atoms with Crippen LogP contribution in [0.5, 0.6) is 0 Å². The van der Waals surface area contributed by atoms with E-state index in [9.17, 15) is 0 Å². The lowest BCUT2D eigenvalue weighted by Crippen LogP contribution is -2.38. The Bertz CT molecular complexity index is 1940. The molecule has 50 heavy (non-hydrogen) atoms. The van der Waals surface area contributed by atoms with Gasteiger partial charge in [0.05, 0.1) is 27.9 Å². The molecule has 4 aromatic carbocycles. The fourth-order valence-corrected chi connectivity index (χ4v) is 13.1. The lowest BCUT2D eigenvalue weighted by molar-refractivity contribution is 0.146. The Balaban J connectivity index is 1.64. The smallest absolute Gasteiger partial charge is 0.249 e. The summed E-state index contributed by atoms with van der Waals surface area (Å²) in [4.78, 5) is 4.94. The molecule has 4 aromatic rings. The summed E-state index contributed by atoms with van der Waals surface area (Å²) in [5, 5.41) is 0. The zero-order valence-corrected chi connectivity index (χ0v) is 31.9. The van der Waals surface area contributed by atoms with Gasteiger partial charge in [0.1, 0.15) is 12.2 Å². The summed E-state index contributed by atoms with van der Waals surface area (Å²) in [7, 11) is -11.5. The minimum atomic E-state index is -4.40. The van der Waals surface area contributed by atoms with E-state index in [0.717, 1.165) is 11.1 Å². The van der Waals surface area contributed by atoms with Gasteiger partial charge in [-0.2, -0.15) is 0 Å². The molecule has 1 fully saturated rings. The Morgan fingerprint density at radius 3 is 1.42 bits per heavy atom. The van der Waals surface area contributed by atoms with Gasteiger partial charge in [0.2, 0.25) is 34.4 Å². The Kier molecular flexibility index (Phi) is 9.89. The van der Waals surface area contributed by atoms with Crippen molar-refractivity contribution >= 4 is 34.4 Å². The van der Waals surface area contributed by atoms with Crippen molar-refractivity contribution in [1.82, 2.24) is 8.15 Å². The van der Waals surface area contributed by atoms with E-state index in [4.69, 9.17) is 14.3 Å². The fraction of sp³-hybridized carbons (Fsp3) is 0.342. The van der Waals surface area contributed by atoms with Crippen molar-refractivity contribution < 1.29 is 26.1 Å². The summed E-state index contributed by atoms with van der Waals surface area (Å²) in [5.74, 6) is 0.291. The third-order valence-electron chi connectivity index (χ3n) is 9.00.